The molecule has 23 heavy (non-hydrogen) atoms. The van der Waals surface area contributed by atoms with Gasteiger partial charge in [-0.15, -0.1) is 11.3 Å². The van der Waals surface area contributed by atoms with Gasteiger partial charge in [0.2, 0.25) is 0 Å². The van der Waals surface area contributed by atoms with Crippen LogP contribution in [-0.4, -0.2) is 23.1 Å². The molecule has 0 bridgehead atoms. The number of nitrogens with zero attached hydrogens (tertiary/aromatic N) is 1. The van der Waals surface area contributed by atoms with Gasteiger partial charge in [0.05, 0.1) is 17.2 Å². The highest BCUT2D eigenvalue weighted by molar-refractivity contribution is 7.10. The van der Waals surface area contributed by atoms with E-state index in [1.54, 1.807) is 11.3 Å². The van der Waals surface area contributed by atoms with Crippen LogP contribution < -0.4 is 0 Å². The Morgan fingerprint density at radius 3 is 2.91 bits per heavy atom. The van der Waals surface area contributed by atoms with E-state index in [-0.39, 0.29) is 23.1 Å². The highest BCUT2D eigenvalue weighted by Crippen LogP contribution is 2.50. The molecule has 4 nitrogen and oxygen atoms in total. The van der Waals surface area contributed by atoms with Crippen molar-refractivity contribution in [2.45, 2.75) is 39.2 Å². The zero-order valence-corrected chi connectivity index (χ0v) is 14.1. The van der Waals surface area contributed by atoms with Gasteiger partial charge in [-0.3, -0.25) is 9.59 Å². The molecule has 1 amide bonds. The Balaban J connectivity index is 1.68. The summed E-state index contributed by atoms with van der Waals surface area (Å²) in [5, 5.41) is 2.04. The highest BCUT2D eigenvalue weighted by Gasteiger charge is 2.50. The summed E-state index contributed by atoms with van der Waals surface area (Å²) in [6.45, 7) is 5.05. The number of likely N-dealkylation sites (tertiary alicyclic amines) is 1. The normalized spacial score (nSPS) is 22.6. The average molecular weight is 329 g/mol. The van der Waals surface area contributed by atoms with Gasteiger partial charge in [0.25, 0.3) is 5.91 Å². The summed E-state index contributed by atoms with van der Waals surface area (Å²) in [5.74, 6) is 0.635. The predicted molar refractivity (Wildman–Crippen MR) is 87.9 cm³/mol. The lowest BCUT2D eigenvalue weighted by Crippen LogP contribution is -2.57. The van der Waals surface area contributed by atoms with Crippen molar-refractivity contribution in [2.24, 2.45) is 5.41 Å². The molecule has 0 saturated carbocycles. The topological polar surface area (TPSA) is 50.5 Å². The lowest BCUT2D eigenvalue weighted by Gasteiger charge is -2.53. The van der Waals surface area contributed by atoms with Crippen molar-refractivity contribution in [2.75, 3.05) is 6.54 Å². The standard InChI is InChI=1S/C18H19NO3S/c1-18(2)10-19(16(18)14-7-4-8-23-14)17(21)11-9-22-13-6-3-5-12(20)15(11)13/h4,7-9,16H,3,5-6,10H2,1-2H3. The van der Waals surface area contributed by atoms with Gasteiger partial charge in [0.15, 0.2) is 5.78 Å². The van der Waals surface area contributed by atoms with E-state index >= 15 is 0 Å². The molecule has 2 aromatic heterocycles. The van der Waals surface area contributed by atoms with Crippen molar-refractivity contribution >= 4 is 23.0 Å². The monoisotopic (exact) mass is 329 g/mol. The molecule has 0 aromatic carbocycles. The Hall–Kier alpha value is -1.88. The van der Waals surface area contributed by atoms with Gasteiger partial charge in [0, 0.05) is 29.7 Å². The van der Waals surface area contributed by atoms with Gasteiger partial charge in [-0.2, -0.15) is 0 Å². The number of furan rings is 1. The van der Waals surface area contributed by atoms with Gasteiger partial charge in [-0.05, 0) is 17.9 Å². The van der Waals surface area contributed by atoms with E-state index in [4.69, 9.17) is 4.42 Å². The molecule has 5 heteroatoms. The van der Waals surface area contributed by atoms with Crippen molar-refractivity contribution in [3.8, 4) is 0 Å². The van der Waals surface area contributed by atoms with Gasteiger partial charge in [-0.25, -0.2) is 0 Å². The van der Waals surface area contributed by atoms with Crippen LogP contribution in [0, 0.1) is 5.41 Å². The first-order chi connectivity index (χ1) is 11.0. The summed E-state index contributed by atoms with van der Waals surface area (Å²) < 4.78 is 5.51. The quantitative estimate of drug-likeness (QED) is 0.834. The first-order valence-electron chi connectivity index (χ1n) is 7.97. The first kappa shape index (κ1) is 14.7. The summed E-state index contributed by atoms with van der Waals surface area (Å²) in [6.07, 6.45) is 3.54. The lowest BCUT2D eigenvalue weighted by atomic mass is 9.73. The maximum absolute atomic E-state index is 13.0. The average Bonchev–Trinajstić information content (AvgIpc) is 3.14. The number of amides is 1. The van der Waals surface area contributed by atoms with E-state index in [2.05, 4.69) is 19.9 Å². The minimum Gasteiger partial charge on any atom is -0.468 e. The Morgan fingerprint density at radius 1 is 1.39 bits per heavy atom. The molecule has 1 saturated heterocycles. The molecule has 4 rings (SSSR count). The molecule has 1 fully saturated rings. The van der Waals surface area contributed by atoms with Crippen LogP contribution in [0.25, 0.3) is 0 Å². The smallest absolute Gasteiger partial charge is 0.258 e. The molecule has 0 N–H and O–H groups in total. The number of fused-ring (bicyclic) bond motifs is 1. The third-order valence-electron chi connectivity index (χ3n) is 4.89. The van der Waals surface area contributed by atoms with Gasteiger partial charge >= 0.3 is 0 Å². The molecule has 1 unspecified atom stereocenters. The Morgan fingerprint density at radius 2 is 2.22 bits per heavy atom. The summed E-state index contributed by atoms with van der Waals surface area (Å²) in [5.41, 5.74) is 1.02. The third kappa shape index (κ3) is 2.17. The summed E-state index contributed by atoms with van der Waals surface area (Å²) in [7, 11) is 0. The second kappa shape index (κ2) is 5.06. The summed E-state index contributed by atoms with van der Waals surface area (Å²) >= 11 is 1.67. The predicted octanol–water partition coefficient (Wildman–Crippen LogP) is 4.08. The number of hydrogen-bond acceptors (Lipinski definition) is 4. The molecular formula is C18H19NO3S. The van der Waals surface area contributed by atoms with Crippen molar-refractivity contribution in [1.82, 2.24) is 4.90 Å². The minimum atomic E-state index is -0.0806. The Bertz CT molecular complexity index is 772. The lowest BCUT2D eigenvalue weighted by molar-refractivity contribution is -0.0306. The molecular weight excluding hydrogens is 310 g/mol. The van der Waals surface area contributed by atoms with Crippen LogP contribution in [0.4, 0.5) is 0 Å². The van der Waals surface area contributed by atoms with E-state index in [0.29, 0.717) is 29.9 Å². The highest BCUT2D eigenvalue weighted by atomic mass is 32.1. The fourth-order valence-electron chi connectivity index (χ4n) is 3.84. The molecule has 2 aliphatic rings. The number of thiophene rings is 1. The number of hydrogen-bond donors (Lipinski definition) is 0. The molecule has 1 aliphatic heterocycles. The van der Waals surface area contributed by atoms with Gasteiger partial charge in [-0.1, -0.05) is 19.9 Å². The zero-order chi connectivity index (χ0) is 16.2. The van der Waals surface area contributed by atoms with E-state index in [0.717, 1.165) is 12.8 Å². The van der Waals surface area contributed by atoms with Crippen LogP contribution in [0.3, 0.4) is 0 Å². The first-order valence-corrected chi connectivity index (χ1v) is 8.85. The molecule has 1 aliphatic carbocycles. The molecule has 1 atom stereocenters. The van der Waals surface area contributed by atoms with Gasteiger partial charge < -0.3 is 9.32 Å². The molecule has 2 aromatic rings. The molecule has 0 spiro atoms. The Labute approximate surface area is 139 Å². The molecule has 0 radical (unpaired) electrons. The SMILES string of the molecule is CC1(C)CN(C(=O)c2coc3c2C(=O)CCC3)C1c1cccs1. The van der Waals surface area contributed by atoms with Crippen molar-refractivity contribution < 1.29 is 14.0 Å². The molecule has 120 valence electrons. The maximum Gasteiger partial charge on any atom is 0.258 e. The fourth-order valence-corrected chi connectivity index (χ4v) is 4.88. The van der Waals surface area contributed by atoms with Crippen molar-refractivity contribution in [3.63, 3.8) is 0 Å². The van der Waals surface area contributed by atoms with Crippen LogP contribution in [0.5, 0.6) is 0 Å². The van der Waals surface area contributed by atoms with Crippen LogP contribution in [0.15, 0.2) is 28.2 Å². The number of ketones is 1. The largest absolute Gasteiger partial charge is 0.468 e. The van der Waals surface area contributed by atoms with Crippen molar-refractivity contribution in [3.05, 3.63) is 45.5 Å². The minimum absolute atomic E-state index is 0.0378. The number of rotatable bonds is 2. The second-order valence-electron chi connectivity index (χ2n) is 7.06. The van der Waals surface area contributed by atoms with E-state index in [1.165, 1.54) is 11.1 Å². The van der Waals surface area contributed by atoms with Gasteiger partial charge in [0.1, 0.15) is 12.0 Å². The van der Waals surface area contributed by atoms with E-state index in [1.807, 2.05) is 16.3 Å². The molecule has 3 heterocycles. The maximum atomic E-state index is 13.0. The Kier molecular flexibility index (Phi) is 3.23. The second-order valence-corrected chi connectivity index (χ2v) is 8.04. The summed E-state index contributed by atoms with van der Waals surface area (Å²) in [6, 6.07) is 4.16. The van der Waals surface area contributed by atoms with Crippen LogP contribution in [0.1, 0.15) is 64.1 Å². The number of aryl methyl sites for hydroxylation is 1. The number of Topliss-reactive ketones (excluding diaryl/α,β-unsaturated/α-hetero) is 1. The summed E-state index contributed by atoms with van der Waals surface area (Å²) in [4.78, 5) is 28.3. The number of carbonyl (C=O) groups excluding carboxylic acids is 2. The van der Waals surface area contributed by atoms with Crippen LogP contribution in [0.2, 0.25) is 0 Å². The fraction of sp³-hybridized carbons (Fsp3) is 0.444. The van der Waals surface area contributed by atoms with E-state index < -0.39 is 0 Å². The zero-order valence-electron chi connectivity index (χ0n) is 13.3. The van der Waals surface area contributed by atoms with Crippen LogP contribution >= 0.6 is 11.3 Å². The van der Waals surface area contributed by atoms with E-state index in [9.17, 15) is 9.59 Å². The van der Waals surface area contributed by atoms with Crippen LogP contribution in [-0.2, 0) is 6.42 Å². The third-order valence-corrected chi connectivity index (χ3v) is 5.81. The van der Waals surface area contributed by atoms with Crippen molar-refractivity contribution in [1.29, 1.82) is 0 Å². The number of carbonyl (C=O) groups is 2.